The highest BCUT2D eigenvalue weighted by atomic mass is 16.5. The Morgan fingerprint density at radius 2 is 1.79 bits per heavy atom. The normalized spacial score (nSPS) is 57.2. The molecule has 0 unspecified atom stereocenters. The second-order valence-corrected chi connectivity index (χ2v) is 9.42. The van der Waals surface area contributed by atoms with Crippen molar-refractivity contribution in [3.05, 3.63) is 0 Å². The molecule has 0 aromatic rings. The van der Waals surface area contributed by atoms with Crippen LogP contribution in [-0.2, 0) is 9.53 Å². The maximum absolute atomic E-state index is 12.5. The van der Waals surface area contributed by atoms with Crippen molar-refractivity contribution in [3.8, 4) is 0 Å². The summed E-state index contributed by atoms with van der Waals surface area (Å²) in [6, 6.07) is 0. The minimum atomic E-state index is -0.426. The van der Waals surface area contributed by atoms with E-state index in [2.05, 4.69) is 13.8 Å². The molecular weight excluding hydrogens is 304 g/mol. The first-order valence-electron chi connectivity index (χ1n) is 9.74. The highest BCUT2D eigenvalue weighted by molar-refractivity contribution is 5.87. The maximum Gasteiger partial charge on any atom is 0.139 e. The van der Waals surface area contributed by atoms with Gasteiger partial charge in [0, 0.05) is 30.8 Å². The third kappa shape index (κ3) is 2.05. The first-order valence-corrected chi connectivity index (χ1v) is 9.74. The molecule has 0 aromatic heterocycles. The number of hydrogen-bond donors (Lipinski definition) is 2. The van der Waals surface area contributed by atoms with E-state index >= 15 is 0 Å². The number of Topliss-reactive ketones (excluding diaryl/α,β-unsaturated/α-hetero) is 1. The van der Waals surface area contributed by atoms with E-state index in [4.69, 9.17) is 4.74 Å². The first kappa shape index (κ1) is 17.0. The number of methoxy groups -OCH3 is 1. The number of hydrogen-bond acceptors (Lipinski definition) is 4. The summed E-state index contributed by atoms with van der Waals surface area (Å²) in [5, 5.41) is 22.0. The second kappa shape index (κ2) is 5.52. The minimum absolute atomic E-state index is 0.0474. The minimum Gasteiger partial charge on any atom is -0.393 e. The fourth-order valence-corrected chi connectivity index (χ4v) is 7.27. The SMILES string of the molecule is CO[C@H]1C[C@@H]2[C@@H](O)C[C@H]3[C@@H](CC[C@]4(C)C(=O)CC[C@H]34)[C@@]2(C)[C@@H](O)C1. The van der Waals surface area contributed by atoms with Gasteiger partial charge in [0.1, 0.15) is 5.78 Å². The number of ketones is 1. The van der Waals surface area contributed by atoms with Gasteiger partial charge in [-0.15, -0.1) is 0 Å². The van der Waals surface area contributed by atoms with Gasteiger partial charge in [-0.25, -0.2) is 0 Å². The average molecular weight is 336 g/mol. The van der Waals surface area contributed by atoms with Gasteiger partial charge in [-0.3, -0.25) is 4.79 Å². The molecule has 0 saturated heterocycles. The van der Waals surface area contributed by atoms with E-state index in [1.807, 2.05) is 0 Å². The van der Waals surface area contributed by atoms with Gasteiger partial charge in [0.2, 0.25) is 0 Å². The molecule has 0 radical (unpaired) electrons. The summed E-state index contributed by atoms with van der Waals surface area (Å²) in [4.78, 5) is 12.5. The van der Waals surface area contributed by atoms with Crippen molar-refractivity contribution in [1.29, 1.82) is 0 Å². The zero-order valence-electron chi connectivity index (χ0n) is 15.2. The molecule has 0 spiro atoms. The number of ether oxygens (including phenoxy) is 1. The molecule has 4 aliphatic carbocycles. The lowest BCUT2D eigenvalue weighted by molar-refractivity contribution is -0.213. The van der Waals surface area contributed by atoms with Crippen molar-refractivity contribution in [2.45, 2.75) is 77.1 Å². The second-order valence-electron chi connectivity index (χ2n) is 9.42. The number of carbonyl (C=O) groups is 1. The lowest BCUT2D eigenvalue weighted by Gasteiger charge is -2.62. The summed E-state index contributed by atoms with van der Waals surface area (Å²) in [6.45, 7) is 4.36. The van der Waals surface area contributed by atoms with Gasteiger partial charge in [0.25, 0.3) is 0 Å². The molecule has 24 heavy (non-hydrogen) atoms. The predicted octanol–water partition coefficient (Wildman–Crippen LogP) is 2.55. The lowest BCUT2D eigenvalue weighted by Crippen LogP contribution is -2.63. The van der Waals surface area contributed by atoms with Crippen molar-refractivity contribution < 1.29 is 19.7 Å². The molecule has 4 fully saturated rings. The van der Waals surface area contributed by atoms with Crippen molar-refractivity contribution in [2.75, 3.05) is 7.11 Å². The maximum atomic E-state index is 12.5. The van der Waals surface area contributed by atoms with Crippen LogP contribution in [0.2, 0.25) is 0 Å². The van der Waals surface area contributed by atoms with Crippen LogP contribution in [0, 0.1) is 34.5 Å². The molecule has 9 atom stereocenters. The van der Waals surface area contributed by atoms with Crippen molar-refractivity contribution >= 4 is 5.78 Å². The van der Waals surface area contributed by atoms with Gasteiger partial charge in [0.05, 0.1) is 18.3 Å². The van der Waals surface area contributed by atoms with Crippen molar-refractivity contribution in [3.63, 3.8) is 0 Å². The van der Waals surface area contributed by atoms with Crippen LogP contribution < -0.4 is 0 Å². The fraction of sp³-hybridized carbons (Fsp3) is 0.950. The van der Waals surface area contributed by atoms with Gasteiger partial charge < -0.3 is 14.9 Å². The van der Waals surface area contributed by atoms with Gasteiger partial charge >= 0.3 is 0 Å². The zero-order valence-corrected chi connectivity index (χ0v) is 15.2. The Morgan fingerprint density at radius 3 is 2.50 bits per heavy atom. The Labute approximate surface area is 145 Å². The molecule has 136 valence electrons. The number of fused-ring (bicyclic) bond motifs is 5. The van der Waals surface area contributed by atoms with Gasteiger partial charge in [0.15, 0.2) is 0 Å². The Balaban J connectivity index is 1.69. The monoisotopic (exact) mass is 336 g/mol. The summed E-state index contributed by atoms with van der Waals surface area (Å²) in [5.41, 5.74) is -0.427. The summed E-state index contributed by atoms with van der Waals surface area (Å²) in [6.07, 6.45) is 5.18. The van der Waals surface area contributed by atoms with Crippen molar-refractivity contribution in [2.24, 2.45) is 34.5 Å². The smallest absolute Gasteiger partial charge is 0.139 e. The third-order valence-electron chi connectivity index (χ3n) is 8.78. The van der Waals surface area contributed by atoms with Gasteiger partial charge in [-0.2, -0.15) is 0 Å². The van der Waals surface area contributed by atoms with Crippen LogP contribution >= 0.6 is 0 Å². The molecule has 4 heteroatoms. The molecule has 4 nitrogen and oxygen atoms in total. The molecule has 0 heterocycles. The van der Waals surface area contributed by atoms with Crippen LogP contribution in [0.3, 0.4) is 0 Å². The van der Waals surface area contributed by atoms with Crippen LogP contribution in [0.25, 0.3) is 0 Å². The number of carbonyl (C=O) groups excluding carboxylic acids is 1. The summed E-state index contributed by atoms with van der Waals surface area (Å²) < 4.78 is 5.52. The molecular formula is C20H32O4. The number of aliphatic hydroxyl groups excluding tert-OH is 2. The Bertz CT molecular complexity index is 534. The van der Waals surface area contributed by atoms with E-state index in [9.17, 15) is 15.0 Å². The van der Waals surface area contributed by atoms with Crippen LogP contribution in [0.15, 0.2) is 0 Å². The summed E-state index contributed by atoms with van der Waals surface area (Å²) in [5.74, 6) is 1.72. The number of aliphatic hydroxyl groups is 2. The molecule has 0 aromatic carbocycles. The van der Waals surface area contributed by atoms with Gasteiger partial charge in [-0.05, 0) is 55.8 Å². The van der Waals surface area contributed by atoms with E-state index in [0.717, 1.165) is 32.1 Å². The summed E-state index contributed by atoms with van der Waals surface area (Å²) >= 11 is 0. The highest BCUT2D eigenvalue weighted by Crippen LogP contribution is 2.65. The average Bonchev–Trinajstić information content (AvgIpc) is 2.85. The lowest BCUT2D eigenvalue weighted by atomic mass is 9.44. The molecule has 0 aliphatic heterocycles. The topological polar surface area (TPSA) is 66.8 Å². The largest absolute Gasteiger partial charge is 0.393 e. The first-order chi connectivity index (χ1) is 11.3. The third-order valence-corrected chi connectivity index (χ3v) is 8.78. The fourth-order valence-electron chi connectivity index (χ4n) is 7.27. The van der Waals surface area contributed by atoms with Crippen LogP contribution in [0.4, 0.5) is 0 Å². The molecule has 2 N–H and O–H groups in total. The van der Waals surface area contributed by atoms with Crippen LogP contribution in [0.1, 0.15) is 58.8 Å². The predicted molar refractivity (Wildman–Crippen MR) is 90.3 cm³/mol. The van der Waals surface area contributed by atoms with Gasteiger partial charge in [-0.1, -0.05) is 13.8 Å². The van der Waals surface area contributed by atoms with Crippen molar-refractivity contribution in [1.82, 2.24) is 0 Å². The Kier molecular flexibility index (Phi) is 3.91. The van der Waals surface area contributed by atoms with E-state index in [0.29, 0.717) is 36.4 Å². The van der Waals surface area contributed by atoms with Crippen LogP contribution in [0.5, 0.6) is 0 Å². The van der Waals surface area contributed by atoms with E-state index in [1.165, 1.54) is 0 Å². The Hall–Kier alpha value is -0.450. The van der Waals surface area contributed by atoms with Crippen LogP contribution in [-0.4, -0.2) is 41.4 Å². The highest BCUT2D eigenvalue weighted by Gasteiger charge is 2.64. The Morgan fingerprint density at radius 1 is 1.04 bits per heavy atom. The van der Waals surface area contributed by atoms with E-state index in [-0.39, 0.29) is 29.0 Å². The number of rotatable bonds is 1. The molecule has 4 rings (SSSR count). The zero-order chi connectivity index (χ0) is 17.3. The molecule has 4 aliphatic rings. The molecule has 4 saturated carbocycles. The summed E-state index contributed by atoms with van der Waals surface area (Å²) in [7, 11) is 1.70. The quantitative estimate of drug-likeness (QED) is 0.772. The van der Waals surface area contributed by atoms with E-state index < -0.39 is 6.10 Å². The molecule has 0 bridgehead atoms. The standard InChI is InChI=1S/C20H32O4/c1-19-7-6-14-12(13(19)4-5-17(19)22)10-16(21)15-8-11(24-3)9-18(23)20(14,15)2/h11-16,18,21,23H,4-10H2,1-3H3/t11-,12+,13+,14+,15+,16-,18-,19-,20+/m0/s1. The molecule has 0 amide bonds. The van der Waals surface area contributed by atoms with E-state index in [1.54, 1.807) is 7.11 Å².